The van der Waals surface area contributed by atoms with Gasteiger partial charge in [-0.3, -0.25) is 4.79 Å². The highest BCUT2D eigenvalue weighted by atomic mass is 32.1. The fourth-order valence-corrected chi connectivity index (χ4v) is 2.80. The van der Waals surface area contributed by atoms with Crippen molar-refractivity contribution in [3.8, 4) is 0 Å². The summed E-state index contributed by atoms with van der Waals surface area (Å²) in [6.45, 7) is 0.614. The second-order valence-electron chi connectivity index (χ2n) is 5.00. The van der Waals surface area contributed by atoms with Crippen molar-refractivity contribution in [3.05, 3.63) is 52.0 Å². The second-order valence-corrected chi connectivity index (χ2v) is 5.94. The maximum atomic E-state index is 11.7. The number of ether oxygens (including phenoxy) is 1. The van der Waals surface area contributed by atoms with E-state index in [1.807, 2.05) is 23.6 Å². The minimum absolute atomic E-state index is 0.214. The van der Waals surface area contributed by atoms with Crippen LogP contribution in [-0.2, 0) is 28.9 Å². The number of hydrogen-bond acceptors (Lipinski definition) is 5. The van der Waals surface area contributed by atoms with Crippen molar-refractivity contribution in [3.63, 3.8) is 0 Å². The Morgan fingerprint density at radius 3 is 2.86 bits per heavy atom. The molecular formula is C16H21N3O2S. The van der Waals surface area contributed by atoms with Crippen LogP contribution in [0, 0.1) is 0 Å². The molecular weight excluding hydrogens is 298 g/mol. The van der Waals surface area contributed by atoms with Crippen LogP contribution in [0.2, 0.25) is 0 Å². The third-order valence-electron chi connectivity index (χ3n) is 3.20. The summed E-state index contributed by atoms with van der Waals surface area (Å²) in [6.07, 6.45) is 1.88. The smallest absolute Gasteiger partial charge is 0.239 e. The number of nitrogens with two attached hydrogens (primary N) is 1. The first-order valence-corrected chi connectivity index (χ1v) is 8.06. The van der Waals surface area contributed by atoms with Gasteiger partial charge in [0.1, 0.15) is 6.04 Å². The normalized spacial score (nSPS) is 12.1. The lowest BCUT2D eigenvalue weighted by Crippen LogP contribution is -2.43. The molecule has 0 aliphatic carbocycles. The van der Waals surface area contributed by atoms with Crippen molar-refractivity contribution in [2.45, 2.75) is 25.4 Å². The van der Waals surface area contributed by atoms with Gasteiger partial charge in [0.05, 0.1) is 23.9 Å². The third kappa shape index (κ3) is 5.22. The highest BCUT2D eigenvalue weighted by Gasteiger charge is 2.13. The minimum atomic E-state index is -0.638. The summed E-state index contributed by atoms with van der Waals surface area (Å²) < 4.78 is 4.86. The van der Waals surface area contributed by atoms with Crippen LogP contribution in [0.25, 0.3) is 0 Å². The number of carbonyl (C=O) groups is 1. The van der Waals surface area contributed by atoms with Crippen molar-refractivity contribution < 1.29 is 9.53 Å². The molecule has 0 aliphatic heterocycles. The summed E-state index contributed by atoms with van der Waals surface area (Å²) in [5.41, 5.74) is 7.82. The van der Waals surface area contributed by atoms with Gasteiger partial charge in [-0.05, 0) is 12.0 Å². The van der Waals surface area contributed by atoms with Crippen LogP contribution in [0.5, 0.6) is 0 Å². The molecule has 0 fully saturated rings. The summed E-state index contributed by atoms with van der Waals surface area (Å²) in [4.78, 5) is 16.2. The molecule has 3 N–H and O–H groups in total. The topological polar surface area (TPSA) is 77.2 Å². The molecule has 6 heteroatoms. The molecule has 1 heterocycles. The number of aryl methyl sites for hydroxylation is 2. The Kier molecular flexibility index (Phi) is 6.51. The molecule has 0 aliphatic rings. The van der Waals surface area contributed by atoms with Crippen molar-refractivity contribution in [1.82, 2.24) is 10.3 Å². The van der Waals surface area contributed by atoms with E-state index in [0.29, 0.717) is 6.54 Å². The highest BCUT2D eigenvalue weighted by Crippen LogP contribution is 2.13. The average molecular weight is 319 g/mol. The standard InChI is InChI=1S/C16H21N3O2S/c1-21-10-14(17)16(20)18-9-13-11-22-15(19-13)8-7-12-5-3-2-4-6-12/h2-6,11,14H,7-10,17H2,1H3,(H,18,20). The fourth-order valence-electron chi connectivity index (χ4n) is 2.00. The molecule has 22 heavy (non-hydrogen) atoms. The van der Waals surface area contributed by atoms with E-state index in [1.165, 1.54) is 12.7 Å². The number of nitrogens with zero attached hydrogens (tertiary/aromatic N) is 1. The summed E-state index contributed by atoms with van der Waals surface area (Å²) in [7, 11) is 1.52. The van der Waals surface area contributed by atoms with Gasteiger partial charge in [0.15, 0.2) is 0 Å². The van der Waals surface area contributed by atoms with Crippen LogP contribution < -0.4 is 11.1 Å². The molecule has 1 amide bonds. The third-order valence-corrected chi connectivity index (χ3v) is 4.15. The molecule has 0 bridgehead atoms. The molecule has 0 radical (unpaired) electrons. The first-order valence-electron chi connectivity index (χ1n) is 7.18. The van der Waals surface area contributed by atoms with E-state index in [9.17, 15) is 4.79 Å². The lowest BCUT2D eigenvalue weighted by molar-refractivity contribution is -0.123. The second kappa shape index (κ2) is 8.63. The molecule has 1 aromatic heterocycles. The van der Waals surface area contributed by atoms with Crippen LogP contribution in [0.15, 0.2) is 35.7 Å². The number of aromatic nitrogens is 1. The van der Waals surface area contributed by atoms with E-state index in [2.05, 4.69) is 22.4 Å². The molecule has 0 saturated carbocycles. The molecule has 0 spiro atoms. The Morgan fingerprint density at radius 1 is 1.36 bits per heavy atom. The lowest BCUT2D eigenvalue weighted by atomic mass is 10.1. The first kappa shape index (κ1) is 16.6. The summed E-state index contributed by atoms with van der Waals surface area (Å²) >= 11 is 1.62. The Morgan fingerprint density at radius 2 is 2.14 bits per heavy atom. The number of methoxy groups -OCH3 is 1. The van der Waals surface area contributed by atoms with Crippen LogP contribution >= 0.6 is 11.3 Å². The molecule has 1 atom stereocenters. The van der Waals surface area contributed by atoms with Gasteiger partial charge in [0, 0.05) is 18.9 Å². The molecule has 1 aromatic carbocycles. The number of carbonyl (C=O) groups excluding carboxylic acids is 1. The van der Waals surface area contributed by atoms with Gasteiger partial charge < -0.3 is 15.8 Å². The largest absolute Gasteiger partial charge is 0.383 e. The van der Waals surface area contributed by atoms with Crippen LogP contribution in [0.4, 0.5) is 0 Å². The van der Waals surface area contributed by atoms with Gasteiger partial charge in [-0.2, -0.15) is 0 Å². The Bertz CT molecular complexity index is 586. The molecule has 118 valence electrons. The van der Waals surface area contributed by atoms with E-state index in [0.717, 1.165) is 23.5 Å². The first-order chi connectivity index (χ1) is 10.7. The molecule has 2 aromatic rings. The van der Waals surface area contributed by atoms with Gasteiger partial charge in [-0.25, -0.2) is 4.98 Å². The molecule has 2 rings (SSSR count). The van der Waals surface area contributed by atoms with Gasteiger partial charge in [0.2, 0.25) is 5.91 Å². The van der Waals surface area contributed by atoms with E-state index >= 15 is 0 Å². The van der Waals surface area contributed by atoms with Crippen LogP contribution in [-0.4, -0.2) is 30.6 Å². The number of nitrogens with one attached hydrogen (secondary N) is 1. The quantitative estimate of drug-likeness (QED) is 0.773. The summed E-state index contributed by atoms with van der Waals surface area (Å²) in [5.74, 6) is -0.222. The molecule has 0 saturated heterocycles. The molecule has 5 nitrogen and oxygen atoms in total. The van der Waals surface area contributed by atoms with Crippen molar-refractivity contribution >= 4 is 17.2 Å². The number of thiazole rings is 1. The van der Waals surface area contributed by atoms with Crippen LogP contribution in [0.3, 0.4) is 0 Å². The number of rotatable bonds is 8. The monoisotopic (exact) mass is 319 g/mol. The Hall–Kier alpha value is -1.76. The predicted octanol–water partition coefficient (Wildman–Crippen LogP) is 1.52. The van der Waals surface area contributed by atoms with E-state index in [1.54, 1.807) is 11.3 Å². The van der Waals surface area contributed by atoms with Gasteiger partial charge >= 0.3 is 0 Å². The highest BCUT2D eigenvalue weighted by molar-refractivity contribution is 7.09. The van der Waals surface area contributed by atoms with Gasteiger partial charge in [0.25, 0.3) is 0 Å². The fraction of sp³-hybridized carbons (Fsp3) is 0.375. The van der Waals surface area contributed by atoms with Gasteiger partial charge in [-0.15, -0.1) is 11.3 Å². The zero-order valence-corrected chi connectivity index (χ0v) is 13.4. The van der Waals surface area contributed by atoms with E-state index < -0.39 is 6.04 Å². The Balaban J connectivity index is 1.78. The van der Waals surface area contributed by atoms with E-state index in [-0.39, 0.29) is 12.5 Å². The maximum absolute atomic E-state index is 11.7. The SMILES string of the molecule is COCC(N)C(=O)NCc1csc(CCc2ccccc2)n1. The minimum Gasteiger partial charge on any atom is -0.383 e. The van der Waals surface area contributed by atoms with Crippen molar-refractivity contribution in [2.24, 2.45) is 5.73 Å². The van der Waals surface area contributed by atoms with Crippen molar-refractivity contribution in [1.29, 1.82) is 0 Å². The van der Waals surface area contributed by atoms with Gasteiger partial charge in [-0.1, -0.05) is 30.3 Å². The summed E-state index contributed by atoms with van der Waals surface area (Å²) in [5, 5.41) is 5.82. The predicted molar refractivity (Wildman–Crippen MR) is 87.7 cm³/mol. The molecule has 1 unspecified atom stereocenters. The maximum Gasteiger partial charge on any atom is 0.239 e. The number of amides is 1. The average Bonchev–Trinajstić information content (AvgIpc) is 3.00. The van der Waals surface area contributed by atoms with Crippen molar-refractivity contribution in [2.75, 3.05) is 13.7 Å². The number of benzene rings is 1. The zero-order valence-electron chi connectivity index (χ0n) is 12.6. The lowest BCUT2D eigenvalue weighted by Gasteiger charge is -2.09. The number of hydrogen-bond donors (Lipinski definition) is 2. The van der Waals surface area contributed by atoms with E-state index in [4.69, 9.17) is 10.5 Å². The summed E-state index contributed by atoms with van der Waals surface area (Å²) in [6, 6.07) is 9.70. The van der Waals surface area contributed by atoms with Crippen LogP contribution in [0.1, 0.15) is 16.3 Å². The zero-order chi connectivity index (χ0) is 15.8. The Labute approximate surface area is 134 Å².